The number of nitrogens with zero attached hydrogens (tertiary/aromatic N) is 3. The van der Waals surface area contributed by atoms with Crippen LogP contribution in [-0.4, -0.2) is 27.3 Å². The molecule has 0 amide bonds. The van der Waals surface area contributed by atoms with E-state index in [1.807, 2.05) is 25.5 Å². The number of ether oxygens (including phenoxy) is 1. The maximum absolute atomic E-state index is 11.6. The summed E-state index contributed by atoms with van der Waals surface area (Å²) in [6.45, 7) is 5.98. The van der Waals surface area contributed by atoms with Gasteiger partial charge in [0.2, 0.25) is 0 Å². The van der Waals surface area contributed by atoms with E-state index in [9.17, 15) is 4.79 Å². The molecule has 1 heterocycles. The first kappa shape index (κ1) is 11.7. The highest BCUT2D eigenvalue weighted by Crippen LogP contribution is 2.19. The molecule has 5 nitrogen and oxygen atoms in total. The molecule has 1 aromatic rings. The molecule has 0 bridgehead atoms. The number of hydrogen-bond donors (Lipinski definition) is 0. The number of carbonyl (C=O) groups is 1. The molecule has 0 radical (unpaired) electrons. The average molecular weight is 211 g/mol. The van der Waals surface area contributed by atoms with Crippen molar-refractivity contribution in [2.45, 2.75) is 33.1 Å². The van der Waals surface area contributed by atoms with E-state index < -0.39 is 0 Å². The fourth-order valence-electron chi connectivity index (χ4n) is 1.42. The van der Waals surface area contributed by atoms with Crippen molar-refractivity contribution in [3.8, 4) is 0 Å². The van der Waals surface area contributed by atoms with Gasteiger partial charge in [0.1, 0.15) is 17.6 Å². The molecular formula is C10H17N3O2. The Morgan fingerprint density at radius 3 is 2.53 bits per heavy atom. The normalized spacial score (nSPS) is 12.5. The van der Waals surface area contributed by atoms with Crippen LogP contribution in [-0.2, 0) is 16.6 Å². The van der Waals surface area contributed by atoms with Gasteiger partial charge in [0, 0.05) is 7.05 Å². The fourth-order valence-corrected chi connectivity index (χ4v) is 1.42. The molecule has 0 aromatic carbocycles. The van der Waals surface area contributed by atoms with Crippen LogP contribution in [0.3, 0.4) is 0 Å². The third-order valence-electron chi connectivity index (χ3n) is 2.42. The van der Waals surface area contributed by atoms with Crippen LogP contribution in [0.4, 0.5) is 0 Å². The predicted molar refractivity (Wildman–Crippen MR) is 55.4 cm³/mol. The smallest absolute Gasteiger partial charge is 0.316 e. The van der Waals surface area contributed by atoms with Crippen LogP contribution in [0.25, 0.3) is 0 Å². The molecule has 1 unspecified atom stereocenters. The van der Waals surface area contributed by atoms with Crippen molar-refractivity contribution in [3.05, 3.63) is 11.6 Å². The summed E-state index contributed by atoms with van der Waals surface area (Å²) in [5, 5.41) is 7.93. The first-order valence-corrected chi connectivity index (χ1v) is 5.14. The molecule has 0 aliphatic carbocycles. The lowest BCUT2D eigenvalue weighted by atomic mass is 10.1. The van der Waals surface area contributed by atoms with E-state index in [4.69, 9.17) is 4.74 Å². The Balaban J connectivity index is 2.92. The lowest BCUT2D eigenvalue weighted by Gasteiger charge is -2.12. The van der Waals surface area contributed by atoms with E-state index in [2.05, 4.69) is 10.2 Å². The molecular weight excluding hydrogens is 194 g/mol. The number of hydrogen-bond acceptors (Lipinski definition) is 4. The molecule has 0 saturated heterocycles. The Kier molecular flexibility index (Phi) is 3.82. The second kappa shape index (κ2) is 4.91. The summed E-state index contributed by atoms with van der Waals surface area (Å²) in [7, 11) is 1.85. The zero-order valence-corrected chi connectivity index (χ0v) is 9.65. The lowest BCUT2D eigenvalue weighted by Crippen LogP contribution is -2.19. The SMILES string of the molecule is CCOC(=O)C(CC)c1nnc(C)n1C. The molecule has 15 heavy (non-hydrogen) atoms. The van der Waals surface area contributed by atoms with Gasteiger partial charge in [0.25, 0.3) is 0 Å². The van der Waals surface area contributed by atoms with E-state index >= 15 is 0 Å². The van der Waals surface area contributed by atoms with Crippen molar-refractivity contribution in [3.63, 3.8) is 0 Å². The summed E-state index contributed by atoms with van der Waals surface area (Å²) >= 11 is 0. The minimum Gasteiger partial charge on any atom is -0.465 e. The van der Waals surface area contributed by atoms with Gasteiger partial charge in [-0.15, -0.1) is 10.2 Å². The van der Waals surface area contributed by atoms with E-state index in [1.54, 1.807) is 6.92 Å². The molecule has 0 saturated carbocycles. The van der Waals surface area contributed by atoms with Crippen LogP contribution in [0.1, 0.15) is 37.8 Å². The summed E-state index contributed by atoms with van der Waals surface area (Å²) < 4.78 is 6.82. The summed E-state index contributed by atoms with van der Waals surface area (Å²) in [5.74, 6) is 0.938. The topological polar surface area (TPSA) is 57.0 Å². The molecule has 1 atom stereocenters. The predicted octanol–water partition coefficient (Wildman–Crippen LogP) is 1.18. The van der Waals surface area contributed by atoms with Crippen molar-refractivity contribution in [1.82, 2.24) is 14.8 Å². The van der Waals surface area contributed by atoms with Crippen LogP contribution < -0.4 is 0 Å². The highest BCUT2D eigenvalue weighted by molar-refractivity contribution is 5.76. The number of carbonyl (C=O) groups excluding carboxylic acids is 1. The van der Waals surface area contributed by atoms with Gasteiger partial charge < -0.3 is 9.30 Å². The average Bonchev–Trinajstić information content (AvgIpc) is 2.51. The van der Waals surface area contributed by atoms with Gasteiger partial charge in [-0.3, -0.25) is 4.79 Å². The Bertz CT molecular complexity index is 346. The van der Waals surface area contributed by atoms with Crippen molar-refractivity contribution < 1.29 is 9.53 Å². The molecule has 0 spiro atoms. The van der Waals surface area contributed by atoms with Crippen molar-refractivity contribution in [2.75, 3.05) is 6.61 Å². The van der Waals surface area contributed by atoms with Gasteiger partial charge in [0.05, 0.1) is 6.61 Å². The standard InChI is InChI=1S/C10H17N3O2/c1-5-8(10(14)15-6-2)9-12-11-7(3)13(9)4/h8H,5-6H2,1-4H3. The molecule has 0 aliphatic rings. The number of esters is 1. The summed E-state index contributed by atoms with van der Waals surface area (Å²) in [5.41, 5.74) is 0. The zero-order chi connectivity index (χ0) is 11.4. The second-order valence-electron chi connectivity index (χ2n) is 3.38. The van der Waals surface area contributed by atoms with E-state index in [0.29, 0.717) is 18.9 Å². The summed E-state index contributed by atoms with van der Waals surface area (Å²) in [6, 6.07) is 0. The molecule has 0 fully saturated rings. The molecule has 1 aromatic heterocycles. The monoisotopic (exact) mass is 211 g/mol. The lowest BCUT2D eigenvalue weighted by molar-refractivity contribution is -0.145. The third-order valence-corrected chi connectivity index (χ3v) is 2.42. The zero-order valence-electron chi connectivity index (χ0n) is 9.65. The maximum atomic E-state index is 11.6. The highest BCUT2D eigenvalue weighted by atomic mass is 16.5. The summed E-state index contributed by atoms with van der Waals surface area (Å²) in [4.78, 5) is 11.6. The Morgan fingerprint density at radius 1 is 1.47 bits per heavy atom. The van der Waals surface area contributed by atoms with Gasteiger partial charge in [-0.1, -0.05) is 6.92 Å². The van der Waals surface area contributed by atoms with Crippen LogP contribution in [0.15, 0.2) is 0 Å². The largest absolute Gasteiger partial charge is 0.465 e. The van der Waals surface area contributed by atoms with Gasteiger partial charge in [-0.05, 0) is 20.3 Å². The van der Waals surface area contributed by atoms with Gasteiger partial charge in [0.15, 0.2) is 0 Å². The van der Waals surface area contributed by atoms with Crippen LogP contribution in [0, 0.1) is 6.92 Å². The van der Waals surface area contributed by atoms with E-state index in [1.165, 1.54) is 0 Å². The van der Waals surface area contributed by atoms with Crippen LogP contribution in [0.2, 0.25) is 0 Å². The summed E-state index contributed by atoms with van der Waals surface area (Å²) in [6.07, 6.45) is 0.671. The quantitative estimate of drug-likeness (QED) is 0.702. The van der Waals surface area contributed by atoms with E-state index in [-0.39, 0.29) is 11.9 Å². The molecule has 0 aliphatic heterocycles. The first-order valence-electron chi connectivity index (χ1n) is 5.14. The maximum Gasteiger partial charge on any atom is 0.316 e. The molecule has 84 valence electrons. The number of aromatic nitrogens is 3. The van der Waals surface area contributed by atoms with Crippen LogP contribution in [0.5, 0.6) is 0 Å². The minimum atomic E-state index is -0.309. The minimum absolute atomic E-state index is 0.226. The van der Waals surface area contributed by atoms with Gasteiger partial charge in [-0.25, -0.2) is 0 Å². The first-order chi connectivity index (χ1) is 7.11. The molecule has 0 N–H and O–H groups in total. The highest BCUT2D eigenvalue weighted by Gasteiger charge is 2.25. The van der Waals surface area contributed by atoms with Gasteiger partial charge in [-0.2, -0.15) is 0 Å². The molecule has 1 rings (SSSR count). The second-order valence-corrected chi connectivity index (χ2v) is 3.38. The Morgan fingerprint density at radius 2 is 2.13 bits per heavy atom. The van der Waals surface area contributed by atoms with Gasteiger partial charge >= 0.3 is 5.97 Å². The fraction of sp³-hybridized carbons (Fsp3) is 0.700. The van der Waals surface area contributed by atoms with Crippen molar-refractivity contribution in [1.29, 1.82) is 0 Å². The van der Waals surface area contributed by atoms with E-state index in [0.717, 1.165) is 5.82 Å². The number of aryl methyl sites for hydroxylation is 1. The molecule has 5 heteroatoms. The van der Waals surface area contributed by atoms with Crippen molar-refractivity contribution in [2.24, 2.45) is 7.05 Å². The van der Waals surface area contributed by atoms with Crippen LogP contribution >= 0.6 is 0 Å². The third kappa shape index (κ3) is 2.34. The number of rotatable bonds is 4. The van der Waals surface area contributed by atoms with Crippen molar-refractivity contribution >= 4 is 5.97 Å². The Labute approximate surface area is 89.5 Å². The Hall–Kier alpha value is -1.39.